The fourth-order valence-electron chi connectivity index (χ4n) is 3.16. The molecule has 0 saturated heterocycles. The lowest BCUT2D eigenvalue weighted by molar-refractivity contribution is -0.120. The van der Waals surface area contributed by atoms with Crippen molar-refractivity contribution in [3.05, 3.63) is 54.2 Å². The van der Waals surface area contributed by atoms with Crippen LogP contribution in [0.15, 0.2) is 48.7 Å². The Labute approximate surface area is 143 Å². The van der Waals surface area contributed by atoms with E-state index in [4.69, 9.17) is 0 Å². The van der Waals surface area contributed by atoms with E-state index in [0.29, 0.717) is 0 Å². The molecule has 4 nitrogen and oxygen atoms in total. The average Bonchev–Trinajstić information content (AvgIpc) is 2.65. The predicted molar refractivity (Wildman–Crippen MR) is 98.1 cm³/mol. The van der Waals surface area contributed by atoms with Gasteiger partial charge in [0.05, 0.1) is 11.9 Å². The standard InChI is InChI=1S/C20H25N3O/c24-20(17-9-5-2-6-10-17)23-18-11-12-19(22-15-18)21-14-13-16-7-3-1-4-8-16/h1,3-4,7-8,11-12,15,17H,2,5-6,9-10,13-14H2,(H,21,22)(H,23,24). The molecule has 1 saturated carbocycles. The predicted octanol–water partition coefficient (Wildman–Crippen LogP) is 4.26. The Morgan fingerprint density at radius 1 is 1.04 bits per heavy atom. The van der Waals surface area contributed by atoms with E-state index < -0.39 is 0 Å². The van der Waals surface area contributed by atoms with Crippen LogP contribution in [0, 0.1) is 5.92 Å². The summed E-state index contributed by atoms with van der Waals surface area (Å²) in [5.41, 5.74) is 2.08. The van der Waals surface area contributed by atoms with E-state index >= 15 is 0 Å². The summed E-state index contributed by atoms with van der Waals surface area (Å²) >= 11 is 0. The first-order valence-corrected chi connectivity index (χ1v) is 8.86. The summed E-state index contributed by atoms with van der Waals surface area (Å²) in [6.07, 6.45) is 8.31. The molecule has 1 aromatic heterocycles. The third kappa shape index (κ3) is 4.82. The molecule has 0 atom stereocenters. The molecule has 2 aromatic rings. The molecule has 3 rings (SSSR count). The summed E-state index contributed by atoms with van der Waals surface area (Å²) in [5, 5.41) is 6.30. The monoisotopic (exact) mass is 323 g/mol. The molecule has 0 spiro atoms. The van der Waals surface area contributed by atoms with Crippen molar-refractivity contribution in [2.75, 3.05) is 17.2 Å². The van der Waals surface area contributed by atoms with Crippen molar-refractivity contribution in [3.63, 3.8) is 0 Å². The number of aromatic nitrogens is 1. The van der Waals surface area contributed by atoms with Gasteiger partial charge in [0.2, 0.25) is 5.91 Å². The molecule has 1 amide bonds. The number of carbonyl (C=O) groups excluding carboxylic acids is 1. The molecular weight excluding hydrogens is 298 g/mol. The molecule has 0 bridgehead atoms. The minimum Gasteiger partial charge on any atom is -0.370 e. The van der Waals surface area contributed by atoms with Gasteiger partial charge in [0.15, 0.2) is 0 Å². The Bertz CT molecular complexity index is 634. The number of pyridine rings is 1. The summed E-state index contributed by atoms with van der Waals surface area (Å²) in [7, 11) is 0. The van der Waals surface area contributed by atoms with Gasteiger partial charge in [-0.3, -0.25) is 4.79 Å². The molecule has 1 fully saturated rings. The van der Waals surface area contributed by atoms with Crippen molar-refractivity contribution in [2.45, 2.75) is 38.5 Å². The second-order valence-corrected chi connectivity index (χ2v) is 6.42. The molecule has 1 heterocycles. The number of nitrogens with zero attached hydrogens (tertiary/aromatic N) is 1. The van der Waals surface area contributed by atoms with Crippen LogP contribution in [0.5, 0.6) is 0 Å². The van der Waals surface area contributed by atoms with Gasteiger partial charge in [-0.2, -0.15) is 0 Å². The summed E-state index contributed by atoms with van der Waals surface area (Å²) in [6, 6.07) is 14.2. The quantitative estimate of drug-likeness (QED) is 0.835. The molecular formula is C20H25N3O. The van der Waals surface area contributed by atoms with Crippen LogP contribution in [0.2, 0.25) is 0 Å². The first kappa shape index (κ1) is 16.5. The lowest BCUT2D eigenvalue weighted by Crippen LogP contribution is -2.24. The Morgan fingerprint density at radius 2 is 1.83 bits per heavy atom. The Hall–Kier alpha value is -2.36. The highest BCUT2D eigenvalue weighted by molar-refractivity contribution is 5.92. The van der Waals surface area contributed by atoms with E-state index in [-0.39, 0.29) is 11.8 Å². The number of anilines is 2. The lowest BCUT2D eigenvalue weighted by atomic mass is 9.88. The van der Waals surface area contributed by atoms with Crippen molar-refractivity contribution in [3.8, 4) is 0 Å². The first-order chi connectivity index (χ1) is 11.8. The maximum absolute atomic E-state index is 12.2. The van der Waals surface area contributed by atoms with Gasteiger partial charge in [0.1, 0.15) is 5.82 Å². The molecule has 0 radical (unpaired) electrons. The van der Waals surface area contributed by atoms with Gasteiger partial charge in [-0.1, -0.05) is 49.6 Å². The number of hydrogen-bond donors (Lipinski definition) is 2. The maximum atomic E-state index is 12.2. The SMILES string of the molecule is O=C(Nc1ccc(NCCc2ccccc2)nc1)C1CCCCC1. The minimum absolute atomic E-state index is 0.140. The normalized spacial score (nSPS) is 15.0. The Morgan fingerprint density at radius 3 is 2.54 bits per heavy atom. The topological polar surface area (TPSA) is 54.0 Å². The third-order valence-electron chi connectivity index (χ3n) is 4.57. The van der Waals surface area contributed by atoms with Crippen LogP contribution in [-0.2, 0) is 11.2 Å². The van der Waals surface area contributed by atoms with Crippen molar-refractivity contribution >= 4 is 17.4 Å². The molecule has 1 aromatic carbocycles. The number of hydrogen-bond acceptors (Lipinski definition) is 3. The summed E-state index contributed by atoms with van der Waals surface area (Å²) in [6.45, 7) is 0.838. The van der Waals surface area contributed by atoms with E-state index in [0.717, 1.165) is 37.3 Å². The fourth-order valence-corrected chi connectivity index (χ4v) is 3.16. The van der Waals surface area contributed by atoms with E-state index in [9.17, 15) is 4.79 Å². The molecule has 126 valence electrons. The average molecular weight is 323 g/mol. The van der Waals surface area contributed by atoms with Crippen LogP contribution < -0.4 is 10.6 Å². The number of amides is 1. The van der Waals surface area contributed by atoms with Crippen LogP contribution >= 0.6 is 0 Å². The van der Waals surface area contributed by atoms with Crippen LogP contribution in [-0.4, -0.2) is 17.4 Å². The van der Waals surface area contributed by atoms with Gasteiger partial charge in [0.25, 0.3) is 0 Å². The van der Waals surface area contributed by atoms with E-state index in [2.05, 4.69) is 39.9 Å². The summed E-state index contributed by atoms with van der Waals surface area (Å²) < 4.78 is 0. The molecule has 0 unspecified atom stereocenters. The summed E-state index contributed by atoms with van der Waals surface area (Å²) in [5.74, 6) is 1.14. The zero-order valence-corrected chi connectivity index (χ0v) is 14.0. The van der Waals surface area contributed by atoms with E-state index in [1.807, 2.05) is 18.2 Å². The van der Waals surface area contributed by atoms with Gasteiger partial charge in [0, 0.05) is 12.5 Å². The van der Waals surface area contributed by atoms with Crippen molar-refractivity contribution in [1.29, 1.82) is 0 Å². The third-order valence-corrected chi connectivity index (χ3v) is 4.57. The number of rotatable bonds is 6. The van der Waals surface area contributed by atoms with Crippen LogP contribution in [0.1, 0.15) is 37.7 Å². The van der Waals surface area contributed by atoms with Crippen molar-refractivity contribution < 1.29 is 4.79 Å². The molecule has 2 N–H and O–H groups in total. The fraction of sp³-hybridized carbons (Fsp3) is 0.400. The van der Waals surface area contributed by atoms with Gasteiger partial charge in [-0.05, 0) is 37.0 Å². The largest absolute Gasteiger partial charge is 0.370 e. The highest BCUT2D eigenvalue weighted by Gasteiger charge is 2.20. The lowest BCUT2D eigenvalue weighted by Gasteiger charge is -2.20. The van der Waals surface area contributed by atoms with Gasteiger partial charge in [-0.15, -0.1) is 0 Å². The number of benzene rings is 1. The number of nitrogens with one attached hydrogen (secondary N) is 2. The number of carbonyl (C=O) groups is 1. The van der Waals surface area contributed by atoms with Crippen molar-refractivity contribution in [1.82, 2.24) is 4.98 Å². The van der Waals surface area contributed by atoms with Gasteiger partial charge in [-0.25, -0.2) is 4.98 Å². The zero-order valence-electron chi connectivity index (χ0n) is 14.0. The van der Waals surface area contributed by atoms with Gasteiger partial charge >= 0.3 is 0 Å². The van der Waals surface area contributed by atoms with Crippen LogP contribution in [0.4, 0.5) is 11.5 Å². The summed E-state index contributed by atoms with van der Waals surface area (Å²) in [4.78, 5) is 16.6. The molecule has 1 aliphatic carbocycles. The second-order valence-electron chi connectivity index (χ2n) is 6.42. The molecule has 1 aliphatic rings. The Balaban J connectivity index is 1.45. The van der Waals surface area contributed by atoms with E-state index in [1.165, 1.54) is 24.8 Å². The zero-order chi connectivity index (χ0) is 16.6. The first-order valence-electron chi connectivity index (χ1n) is 8.86. The molecule has 0 aliphatic heterocycles. The highest BCUT2D eigenvalue weighted by atomic mass is 16.1. The maximum Gasteiger partial charge on any atom is 0.227 e. The smallest absolute Gasteiger partial charge is 0.227 e. The molecule has 4 heteroatoms. The van der Waals surface area contributed by atoms with Gasteiger partial charge < -0.3 is 10.6 Å². The second kappa shape index (κ2) is 8.48. The van der Waals surface area contributed by atoms with E-state index in [1.54, 1.807) is 6.20 Å². The highest BCUT2D eigenvalue weighted by Crippen LogP contribution is 2.25. The van der Waals surface area contributed by atoms with Crippen LogP contribution in [0.25, 0.3) is 0 Å². The minimum atomic E-state index is 0.140. The Kier molecular flexibility index (Phi) is 5.83. The van der Waals surface area contributed by atoms with Crippen molar-refractivity contribution in [2.24, 2.45) is 5.92 Å². The molecule has 24 heavy (non-hydrogen) atoms. The van der Waals surface area contributed by atoms with Crippen LogP contribution in [0.3, 0.4) is 0 Å².